The van der Waals surface area contributed by atoms with Crippen molar-refractivity contribution < 1.29 is 18.3 Å². The van der Waals surface area contributed by atoms with E-state index in [1.165, 1.54) is 24.3 Å². The molecule has 0 unspecified atom stereocenters. The summed E-state index contributed by atoms with van der Waals surface area (Å²) in [4.78, 5) is 12.0. The third-order valence-corrected chi connectivity index (χ3v) is 3.49. The van der Waals surface area contributed by atoms with Crippen LogP contribution in [-0.4, -0.2) is 22.2 Å². The number of ether oxygens (including phenoxy) is 1. The molecule has 0 aliphatic heterocycles. The molecule has 1 N–H and O–H groups in total. The Labute approximate surface area is 144 Å². The molecular formula is C18H18FN3O3. The lowest BCUT2D eigenvalue weighted by Crippen LogP contribution is -2.24. The van der Waals surface area contributed by atoms with Gasteiger partial charge in [0.25, 0.3) is 5.91 Å². The number of nitrogens with zero attached hydrogens (tertiary/aromatic N) is 2. The van der Waals surface area contributed by atoms with E-state index < -0.39 is 0 Å². The number of amides is 1. The van der Waals surface area contributed by atoms with E-state index >= 15 is 0 Å². The number of hydrogen-bond donors (Lipinski definition) is 1. The van der Waals surface area contributed by atoms with Crippen LogP contribution in [0.4, 0.5) is 4.39 Å². The highest BCUT2D eigenvalue weighted by molar-refractivity contribution is 5.91. The standard InChI is InChI=1S/C18H18FN3O3/c19-14-3-5-15(6-4-14)24-13-16-7-8-17(25-16)18(23)20-9-1-11-22-12-2-10-21-22/h2-8,10,12H,1,9,11,13H2,(H,20,23). The molecule has 2 heterocycles. The van der Waals surface area contributed by atoms with Gasteiger partial charge in [-0.05, 0) is 48.9 Å². The number of carbonyl (C=O) groups excluding carboxylic acids is 1. The maximum atomic E-state index is 12.8. The summed E-state index contributed by atoms with van der Waals surface area (Å²) in [7, 11) is 0. The Morgan fingerprint density at radius 1 is 1.24 bits per heavy atom. The van der Waals surface area contributed by atoms with E-state index in [0.717, 1.165) is 13.0 Å². The molecule has 3 aromatic rings. The molecule has 0 saturated carbocycles. The molecule has 0 bridgehead atoms. The highest BCUT2D eigenvalue weighted by Crippen LogP contribution is 2.15. The number of halogens is 1. The molecule has 1 amide bonds. The summed E-state index contributed by atoms with van der Waals surface area (Å²) in [6.45, 7) is 1.43. The van der Waals surface area contributed by atoms with Crippen molar-refractivity contribution in [2.24, 2.45) is 0 Å². The van der Waals surface area contributed by atoms with Crippen molar-refractivity contribution in [1.29, 1.82) is 0 Å². The summed E-state index contributed by atoms with van der Waals surface area (Å²) in [6.07, 6.45) is 4.37. The summed E-state index contributed by atoms with van der Waals surface area (Å²) in [5, 5.41) is 6.89. The van der Waals surface area contributed by atoms with Crippen molar-refractivity contribution in [2.45, 2.75) is 19.6 Å². The highest BCUT2D eigenvalue weighted by atomic mass is 19.1. The van der Waals surface area contributed by atoms with E-state index in [1.807, 2.05) is 16.9 Å². The minimum Gasteiger partial charge on any atom is -0.486 e. The Balaban J connectivity index is 1.42. The zero-order chi connectivity index (χ0) is 17.5. The first-order valence-corrected chi connectivity index (χ1v) is 7.93. The van der Waals surface area contributed by atoms with Gasteiger partial charge in [0.1, 0.15) is 23.9 Å². The van der Waals surface area contributed by atoms with Crippen molar-refractivity contribution in [2.75, 3.05) is 6.54 Å². The van der Waals surface area contributed by atoms with Gasteiger partial charge in [0.15, 0.2) is 5.76 Å². The number of aryl methyl sites for hydroxylation is 1. The highest BCUT2D eigenvalue weighted by Gasteiger charge is 2.11. The van der Waals surface area contributed by atoms with Crippen molar-refractivity contribution >= 4 is 5.91 Å². The smallest absolute Gasteiger partial charge is 0.286 e. The lowest BCUT2D eigenvalue weighted by Gasteiger charge is -2.04. The predicted octanol–water partition coefficient (Wildman–Crippen LogP) is 3.01. The fourth-order valence-corrected chi connectivity index (χ4v) is 2.23. The Morgan fingerprint density at radius 3 is 2.84 bits per heavy atom. The molecule has 1 aromatic carbocycles. The van der Waals surface area contributed by atoms with Crippen LogP contribution in [-0.2, 0) is 13.2 Å². The Bertz CT molecular complexity index is 797. The van der Waals surface area contributed by atoms with Gasteiger partial charge >= 0.3 is 0 Å². The van der Waals surface area contributed by atoms with Crippen LogP contribution in [0, 0.1) is 5.82 Å². The van der Waals surface area contributed by atoms with E-state index in [-0.39, 0.29) is 24.1 Å². The number of aromatic nitrogens is 2. The van der Waals surface area contributed by atoms with Crippen molar-refractivity contribution in [3.8, 4) is 5.75 Å². The zero-order valence-electron chi connectivity index (χ0n) is 13.5. The van der Waals surface area contributed by atoms with Gasteiger partial charge in [-0.25, -0.2) is 4.39 Å². The molecule has 6 nitrogen and oxygen atoms in total. The summed E-state index contributed by atoms with van der Waals surface area (Å²) in [6, 6.07) is 10.8. The molecule has 0 aliphatic carbocycles. The van der Waals surface area contributed by atoms with Crippen LogP contribution < -0.4 is 10.1 Å². The first kappa shape index (κ1) is 16.8. The van der Waals surface area contributed by atoms with Gasteiger partial charge in [-0.2, -0.15) is 5.10 Å². The normalized spacial score (nSPS) is 10.6. The van der Waals surface area contributed by atoms with Crippen molar-refractivity contribution in [1.82, 2.24) is 15.1 Å². The van der Waals surface area contributed by atoms with E-state index in [0.29, 0.717) is 18.1 Å². The van der Waals surface area contributed by atoms with E-state index in [4.69, 9.17) is 9.15 Å². The molecule has 2 aromatic heterocycles. The molecule has 0 spiro atoms. The first-order valence-electron chi connectivity index (χ1n) is 7.93. The van der Waals surface area contributed by atoms with Crippen LogP contribution in [0.25, 0.3) is 0 Å². The van der Waals surface area contributed by atoms with Gasteiger partial charge < -0.3 is 14.5 Å². The number of rotatable bonds is 8. The Kier molecular flexibility index (Phi) is 5.46. The van der Waals surface area contributed by atoms with Crippen molar-refractivity contribution in [3.05, 3.63) is 72.2 Å². The summed E-state index contributed by atoms with van der Waals surface area (Å²) in [5.41, 5.74) is 0. The second-order valence-electron chi connectivity index (χ2n) is 5.39. The lowest BCUT2D eigenvalue weighted by atomic mass is 10.3. The topological polar surface area (TPSA) is 69.3 Å². The number of hydrogen-bond acceptors (Lipinski definition) is 4. The largest absolute Gasteiger partial charge is 0.486 e. The second-order valence-corrected chi connectivity index (χ2v) is 5.39. The summed E-state index contributed by atoms with van der Waals surface area (Å²) < 4.78 is 25.6. The molecule has 130 valence electrons. The Morgan fingerprint density at radius 2 is 2.08 bits per heavy atom. The fourth-order valence-electron chi connectivity index (χ4n) is 2.23. The monoisotopic (exact) mass is 343 g/mol. The molecule has 0 saturated heterocycles. The van der Waals surface area contributed by atoms with E-state index in [2.05, 4.69) is 10.4 Å². The zero-order valence-corrected chi connectivity index (χ0v) is 13.5. The van der Waals surface area contributed by atoms with Gasteiger partial charge in [-0.3, -0.25) is 9.48 Å². The average molecular weight is 343 g/mol. The van der Waals surface area contributed by atoms with Crippen LogP contribution in [0.3, 0.4) is 0 Å². The minimum absolute atomic E-state index is 0.165. The lowest BCUT2D eigenvalue weighted by molar-refractivity contribution is 0.0921. The molecule has 7 heteroatoms. The SMILES string of the molecule is O=C(NCCCn1cccn1)c1ccc(COc2ccc(F)cc2)o1. The van der Waals surface area contributed by atoms with Gasteiger partial charge in [0, 0.05) is 25.5 Å². The van der Waals surface area contributed by atoms with Gasteiger partial charge in [0.2, 0.25) is 0 Å². The van der Waals surface area contributed by atoms with Gasteiger partial charge in [-0.15, -0.1) is 0 Å². The van der Waals surface area contributed by atoms with Gasteiger partial charge in [0.05, 0.1) is 0 Å². The quantitative estimate of drug-likeness (QED) is 0.638. The molecule has 0 radical (unpaired) electrons. The maximum Gasteiger partial charge on any atom is 0.286 e. The summed E-state index contributed by atoms with van der Waals surface area (Å²) in [5.74, 6) is 0.690. The third kappa shape index (κ3) is 4.94. The van der Waals surface area contributed by atoms with Crippen LogP contribution in [0.5, 0.6) is 5.75 Å². The fraction of sp³-hybridized carbons (Fsp3) is 0.222. The molecular weight excluding hydrogens is 325 g/mol. The molecule has 25 heavy (non-hydrogen) atoms. The van der Waals surface area contributed by atoms with E-state index in [9.17, 15) is 9.18 Å². The molecule has 3 rings (SSSR count). The van der Waals surface area contributed by atoms with Crippen LogP contribution in [0.15, 0.2) is 59.3 Å². The second kappa shape index (κ2) is 8.14. The molecule has 0 aliphatic rings. The van der Waals surface area contributed by atoms with Crippen LogP contribution in [0.2, 0.25) is 0 Å². The van der Waals surface area contributed by atoms with Crippen LogP contribution in [0.1, 0.15) is 22.7 Å². The number of carbonyl (C=O) groups is 1. The van der Waals surface area contributed by atoms with Gasteiger partial charge in [-0.1, -0.05) is 0 Å². The molecule has 0 fully saturated rings. The molecule has 0 atom stereocenters. The van der Waals surface area contributed by atoms with Crippen LogP contribution >= 0.6 is 0 Å². The summed E-state index contributed by atoms with van der Waals surface area (Å²) >= 11 is 0. The number of benzene rings is 1. The predicted molar refractivity (Wildman–Crippen MR) is 88.6 cm³/mol. The van der Waals surface area contributed by atoms with E-state index in [1.54, 1.807) is 18.3 Å². The Hall–Kier alpha value is -3.09. The number of nitrogens with one attached hydrogen (secondary N) is 1. The van der Waals surface area contributed by atoms with Crippen molar-refractivity contribution in [3.63, 3.8) is 0 Å². The maximum absolute atomic E-state index is 12.8. The first-order chi connectivity index (χ1) is 12.2. The average Bonchev–Trinajstić information content (AvgIpc) is 3.30. The third-order valence-electron chi connectivity index (χ3n) is 3.49. The number of furan rings is 1. The minimum atomic E-state index is -0.322.